The fraction of sp³-hybridized carbons (Fsp3) is 0.485. The minimum atomic E-state index is -0.886. The van der Waals surface area contributed by atoms with Gasteiger partial charge in [-0.2, -0.15) is 4.98 Å². The summed E-state index contributed by atoms with van der Waals surface area (Å²) in [5.41, 5.74) is 3.78. The topological polar surface area (TPSA) is 85.9 Å². The van der Waals surface area contributed by atoms with Gasteiger partial charge < -0.3 is 25.2 Å². The van der Waals surface area contributed by atoms with Crippen molar-refractivity contribution in [2.24, 2.45) is 11.8 Å². The van der Waals surface area contributed by atoms with E-state index in [0.717, 1.165) is 53.6 Å². The maximum absolute atomic E-state index is 12.7. The molecule has 3 unspecified atom stereocenters. The molecule has 220 valence electrons. The number of benzene rings is 2. The Hall–Kier alpha value is -3.85. The van der Waals surface area contributed by atoms with Crippen molar-refractivity contribution >= 4 is 40.4 Å². The third kappa shape index (κ3) is 5.04. The van der Waals surface area contributed by atoms with E-state index in [1.807, 2.05) is 25.1 Å². The molecule has 2 N–H and O–H groups in total. The van der Waals surface area contributed by atoms with Gasteiger partial charge in [0.05, 0.1) is 5.69 Å². The van der Waals surface area contributed by atoms with E-state index >= 15 is 0 Å². The fourth-order valence-electron chi connectivity index (χ4n) is 7.40. The number of likely N-dealkylation sites (N-methyl/N-ethyl adjacent to an activating group) is 1. The van der Waals surface area contributed by atoms with E-state index in [1.165, 1.54) is 44.5 Å². The molecule has 42 heavy (non-hydrogen) atoms. The van der Waals surface area contributed by atoms with Crippen LogP contribution in [0.25, 0.3) is 0 Å². The molecule has 2 saturated carbocycles. The molecule has 3 heterocycles. The van der Waals surface area contributed by atoms with Crippen molar-refractivity contribution in [3.8, 4) is 5.75 Å². The van der Waals surface area contributed by atoms with Crippen LogP contribution in [0.4, 0.5) is 34.5 Å². The van der Waals surface area contributed by atoms with Crippen molar-refractivity contribution in [2.75, 3.05) is 53.7 Å². The number of hydrogen-bond donors (Lipinski definition) is 2. The van der Waals surface area contributed by atoms with Crippen molar-refractivity contribution in [2.45, 2.75) is 58.1 Å². The molecule has 1 saturated heterocycles. The highest BCUT2D eigenvalue weighted by Crippen LogP contribution is 2.47. The highest BCUT2D eigenvalue weighted by Gasteiger charge is 2.43. The SMILES string of the molecule is Cc1cnc(Nc2ccc(N3CCN(C4CC5CCC4C5)CC3)cc2)nc1Nc1ccc2c(c1)N(C)C(=O)C(C)(C)O2. The number of amides is 1. The summed E-state index contributed by atoms with van der Waals surface area (Å²) in [5.74, 6) is 3.78. The number of aryl methyl sites for hydroxylation is 1. The molecule has 0 spiro atoms. The molecule has 0 radical (unpaired) electrons. The van der Waals surface area contributed by atoms with Gasteiger partial charge in [-0.25, -0.2) is 4.98 Å². The first kappa shape index (κ1) is 27.0. The normalized spacial score (nSPS) is 24.9. The van der Waals surface area contributed by atoms with E-state index in [9.17, 15) is 4.79 Å². The van der Waals surface area contributed by atoms with Crippen molar-refractivity contribution in [3.63, 3.8) is 0 Å². The number of piperazine rings is 1. The van der Waals surface area contributed by atoms with Crippen LogP contribution in [0.15, 0.2) is 48.7 Å². The number of anilines is 6. The summed E-state index contributed by atoms with van der Waals surface area (Å²) in [5, 5.41) is 6.75. The monoisotopic (exact) mass is 567 g/mol. The van der Waals surface area contributed by atoms with Gasteiger partial charge in [-0.1, -0.05) is 6.42 Å². The Morgan fingerprint density at radius 3 is 2.43 bits per heavy atom. The number of fused-ring (bicyclic) bond motifs is 3. The Bertz CT molecular complexity index is 1480. The van der Waals surface area contributed by atoms with Crippen LogP contribution >= 0.6 is 0 Å². The highest BCUT2D eigenvalue weighted by atomic mass is 16.5. The van der Waals surface area contributed by atoms with E-state index in [-0.39, 0.29) is 5.91 Å². The number of aromatic nitrogens is 2. The van der Waals surface area contributed by atoms with Crippen LogP contribution in [0.1, 0.15) is 45.1 Å². The summed E-state index contributed by atoms with van der Waals surface area (Å²) in [4.78, 5) is 28.9. The molecule has 2 bridgehead atoms. The number of hydrogen-bond acceptors (Lipinski definition) is 8. The largest absolute Gasteiger partial charge is 0.476 e. The summed E-state index contributed by atoms with van der Waals surface area (Å²) in [6, 6.07) is 15.2. The molecule has 2 aliphatic heterocycles. The third-order valence-electron chi connectivity index (χ3n) is 9.71. The molecule has 4 aliphatic rings. The lowest BCUT2D eigenvalue weighted by atomic mass is 9.93. The zero-order valence-corrected chi connectivity index (χ0v) is 25.1. The molecule has 1 aromatic heterocycles. The quantitative estimate of drug-likeness (QED) is 0.392. The first-order valence-electron chi connectivity index (χ1n) is 15.3. The molecule has 3 fully saturated rings. The average Bonchev–Trinajstić information content (AvgIpc) is 3.63. The number of carbonyl (C=O) groups excluding carboxylic acids is 1. The van der Waals surface area contributed by atoms with Gasteiger partial charge in [-0.05, 0) is 94.3 Å². The zero-order chi connectivity index (χ0) is 29.0. The second-order valence-corrected chi connectivity index (χ2v) is 12.9. The molecule has 3 aromatic rings. The second-order valence-electron chi connectivity index (χ2n) is 12.9. The highest BCUT2D eigenvalue weighted by molar-refractivity contribution is 6.02. The number of ether oxygens (including phenoxy) is 1. The Morgan fingerprint density at radius 1 is 0.952 bits per heavy atom. The van der Waals surface area contributed by atoms with Crippen molar-refractivity contribution < 1.29 is 9.53 Å². The summed E-state index contributed by atoms with van der Waals surface area (Å²) < 4.78 is 5.94. The van der Waals surface area contributed by atoms with Gasteiger partial charge in [-0.15, -0.1) is 0 Å². The minimum Gasteiger partial charge on any atom is -0.476 e. The van der Waals surface area contributed by atoms with Gasteiger partial charge in [0.1, 0.15) is 11.6 Å². The average molecular weight is 568 g/mol. The smallest absolute Gasteiger partial charge is 0.270 e. The Labute approximate surface area is 248 Å². The fourth-order valence-corrected chi connectivity index (χ4v) is 7.40. The second kappa shape index (κ2) is 10.5. The first-order chi connectivity index (χ1) is 20.2. The van der Waals surface area contributed by atoms with Crippen LogP contribution in [0.3, 0.4) is 0 Å². The van der Waals surface area contributed by atoms with Gasteiger partial charge in [0.25, 0.3) is 5.91 Å². The first-order valence-corrected chi connectivity index (χ1v) is 15.3. The number of rotatable bonds is 6. The maximum atomic E-state index is 12.7. The van der Waals surface area contributed by atoms with Gasteiger partial charge in [0, 0.05) is 68.1 Å². The van der Waals surface area contributed by atoms with Crippen LogP contribution < -0.4 is 25.2 Å². The summed E-state index contributed by atoms with van der Waals surface area (Å²) in [7, 11) is 1.78. The van der Waals surface area contributed by atoms with E-state index in [2.05, 4.69) is 49.7 Å². The molecular weight excluding hydrogens is 526 g/mol. The lowest BCUT2D eigenvalue weighted by molar-refractivity contribution is -0.132. The lowest BCUT2D eigenvalue weighted by Gasteiger charge is -2.41. The van der Waals surface area contributed by atoms with E-state index in [0.29, 0.717) is 17.5 Å². The summed E-state index contributed by atoms with van der Waals surface area (Å²) in [6.07, 6.45) is 7.64. The molecule has 7 rings (SSSR count). The van der Waals surface area contributed by atoms with E-state index in [4.69, 9.17) is 9.72 Å². The van der Waals surface area contributed by atoms with Crippen LogP contribution in [-0.4, -0.2) is 65.6 Å². The summed E-state index contributed by atoms with van der Waals surface area (Å²) >= 11 is 0. The van der Waals surface area contributed by atoms with Crippen LogP contribution in [-0.2, 0) is 4.79 Å². The van der Waals surface area contributed by atoms with Crippen molar-refractivity contribution in [1.82, 2.24) is 14.9 Å². The van der Waals surface area contributed by atoms with Crippen molar-refractivity contribution in [1.29, 1.82) is 0 Å². The predicted molar refractivity (Wildman–Crippen MR) is 167 cm³/mol. The summed E-state index contributed by atoms with van der Waals surface area (Å²) in [6.45, 7) is 10.1. The van der Waals surface area contributed by atoms with Crippen LogP contribution in [0, 0.1) is 18.8 Å². The minimum absolute atomic E-state index is 0.0826. The molecule has 2 aliphatic carbocycles. The molecule has 9 heteroatoms. The maximum Gasteiger partial charge on any atom is 0.270 e. The van der Waals surface area contributed by atoms with Crippen LogP contribution in [0.2, 0.25) is 0 Å². The number of nitrogens with zero attached hydrogens (tertiary/aromatic N) is 5. The zero-order valence-electron chi connectivity index (χ0n) is 25.1. The Morgan fingerprint density at radius 2 is 1.71 bits per heavy atom. The molecule has 1 amide bonds. The third-order valence-corrected chi connectivity index (χ3v) is 9.71. The molecule has 9 nitrogen and oxygen atoms in total. The number of carbonyl (C=O) groups is 1. The van der Waals surface area contributed by atoms with Gasteiger partial charge in [0.15, 0.2) is 5.60 Å². The molecular formula is C33H41N7O2. The van der Waals surface area contributed by atoms with Crippen LogP contribution in [0.5, 0.6) is 5.75 Å². The predicted octanol–water partition coefficient (Wildman–Crippen LogP) is 5.72. The Balaban J connectivity index is 0.987. The molecule has 3 atom stereocenters. The van der Waals surface area contributed by atoms with Crippen molar-refractivity contribution in [3.05, 3.63) is 54.2 Å². The standard InChI is InChI=1S/C33H41N7O2/c1-21-20-34-32(37-30(21)35-25-9-12-29-28(19-25)38(4)31(41)33(2,3)42-29)36-24-7-10-26(11-8-24)39-13-15-40(16-14-39)27-18-22-5-6-23(27)17-22/h7-12,19-20,22-23,27H,5-6,13-18H2,1-4H3,(H2,34,35,36,37). The Kier molecular flexibility index (Phi) is 6.72. The van der Waals surface area contributed by atoms with E-state index in [1.54, 1.807) is 32.0 Å². The van der Waals surface area contributed by atoms with Gasteiger partial charge in [0.2, 0.25) is 5.95 Å². The van der Waals surface area contributed by atoms with Gasteiger partial charge in [-0.3, -0.25) is 9.69 Å². The van der Waals surface area contributed by atoms with E-state index < -0.39 is 5.60 Å². The lowest BCUT2D eigenvalue weighted by Crippen LogP contribution is -2.51. The molecule has 2 aromatic carbocycles. The van der Waals surface area contributed by atoms with Gasteiger partial charge >= 0.3 is 0 Å². The number of nitrogens with one attached hydrogen (secondary N) is 2.